The van der Waals surface area contributed by atoms with Crippen LogP contribution < -0.4 is 10.2 Å². The second-order valence-electron chi connectivity index (χ2n) is 10.5. The van der Waals surface area contributed by atoms with Crippen molar-refractivity contribution in [1.82, 2.24) is 0 Å². The lowest BCUT2D eigenvalue weighted by molar-refractivity contribution is -0.384. The molecule has 4 aromatic rings. The first-order valence-corrected chi connectivity index (χ1v) is 13.3. The lowest BCUT2D eigenvalue weighted by Crippen LogP contribution is -2.51. The molecule has 4 aromatic carbocycles. The van der Waals surface area contributed by atoms with Crippen LogP contribution in [0.2, 0.25) is 0 Å². The molecule has 0 aromatic heterocycles. The van der Waals surface area contributed by atoms with Crippen molar-refractivity contribution in [2.24, 2.45) is 5.92 Å². The van der Waals surface area contributed by atoms with Crippen molar-refractivity contribution in [2.75, 3.05) is 10.2 Å². The number of hydrogen-bond donors (Lipinski definition) is 1. The van der Waals surface area contributed by atoms with Crippen LogP contribution in [0, 0.1) is 16.0 Å². The molecule has 1 fully saturated rings. The molecule has 41 heavy (non-hydrogen) atoms. The van der Waals surface area contributed by atoms with Crippen LogP contribution >= 0.6 is 0 Å². The minimum absolute atomic E-state index is 0.101. The van der Waals surface area contributed by atoms with Crippen LogP contribution in [0.4, 0.5) is 17.1 Å². The molecular weight excluding hydrogens is 518 g/mol. The summed E-state index contributed by atoms with van der Waals surface area (Å²) >= 11 is 0. The number of para-hydroxylation sites is 2. The van der Waals surface area contributed by atoms with E-state index >= 15 is 0 Å². The molecule has 7 rings (SSSR count). The Hall–Kier alpha value is -5.37. The van der Waals surface area contributed by atoms with Gasteiger partial charge in [-0.25, -0.2) is 0 Å². The van der Waals surface area contributed by atoms with Crippen LogP contribution in [-0.2, 0) is 10.2 Å². The lowest BCUT2D eigenvalue weighted by atomic mass is 9.64. The number of rotatable bonds is 5. The number of Topliss-reactive ketones (excluding diaryl/α,β-unsaturated/α-hetero) is 2. The summed E-state index contributed by atoms with van der Waals surface area (Å²) in [7, 11) is 0. The van der Waals surface area contributed by atoms with E-state index in [1.807, 2.05) is 59.5 Å². The second-order valence-corrected chi connectivity index (χ2v) is 10.5. The Morgan fingerprint density at radius 3 is 2.34 bits per heavy atom. The van der Waals surface area contributed by atoms with Crippen molar-refractivity contribution in [3.05, 3.63) is 142 Å². The van der Waals surface area contributed by atoms with Gasteiger partial charge in [0.05, 0.1) is 16.9 Å². The number of nitro benzene ring substituents is 1. The van der Waals surface area contributed by atoms with E-state index in [0.717, 1.165) is 5.56 Å². The number of fused-ring (bicyclic) bond motifs is 6. The molecular formula is C33H23N3O5. The predicted octanol–water partition coefficient (Wildman–Crippen LogP) is 5.45. The lowest BCUT2D eigenvalue weighted by Gasteiger charge is -2.37. The van der Waals surface area contributed by atoms with Crippen LogP contribution in [0.3, 0.4) is 0 Å². The van der Waals surface area contributed by atoms with Crippen LogP contribution in [0.1, 0.15) is 31.8 Å². The van der Waals surface area contributed by atoms with E-state index < -0.39 is 34.1 Å². The van der Waals surface area contributed by atoms with E-state index in [-0.39, 0.29) is 22.9 Å². The van der Waals surface area contributed by atoms with Gasteiger partial charge in [0.25, 0.3) is 5.69 Å². The molecule has 8 heteroatoms. The molecule has 3 heterocycles. The van der Waals surface area contributed by atoms with Crippen molar-refractivity contribution in [1.29, 1.82) is 0 Å². The Balaban J connectivity index is 1.53. The average molecular weight is 542 g/mol. The van der Waals surface area contributed by atoms with Gasteiger partial charge in [0.15, 0.2) is 11.6 Å². The highest BCUT2D eigenvalue weighted by molar-refractivity contribution is 6.18. The minimum Gasteiger partial charge on any atom is -0.352 e. The van der Waals surface area contributed by atoms with Gasteiger partial charge in [-0.05, 0) is 23.3 Å². The zero-order chi connectivity index (χ0) is 28.3. The van der Waals surface area contributed by atoms with Crippen molar-refractivity contribution >= 4 is 40.6 Å². The third-order valence-electron chi connectivity index (χ3n) is 8.49. The molecule has 1 spiro atoms. The summed E-state index contributed by atoms with van der Waals surface area (Å²) in [6.07, 6.45) is 3.83. The summed E-state index contributed by atoms with van der Waals surface area (Å²) in [5.74, 6) is -2.31. The van der Waals surface area contributed by atoms with Crippen molar-refractivity contribution in [3.8, 4) is 0 Å². The summed E-state index contributed by atoms with van der Waals surface area (Å²) in [6, 6.07) is 27.2. The zero-order valence-electron chi connectivity index (χ0n) is 21.6. The first kappa shape index (κ1) is 24.7. The largest absolute Gasteiger partial charge is 0.352 e. The van der Waals surface area contributed by atoms with Gasteiger partial charge in [0.1, 0.15) is 11.5 Å². The van der Waals surface area contributed by atoms with Gasteiger partial charge in [-0.2, -0.15) is 0 Å². The highest BCUT2D eigenvalue weighted by Crippen LogP contribution is 2.58. The Labute approximate surface area is 235 Å². The number of amides is 1. The van der Waals surface area contributed by atoms with E-state index in [4.69, 9.17) is 0 Å². The van der Waals surface area contributed by atoms with Gasteiger partial charge in [0, 0.05) is 34.6 Å². The van der Waals surface area contributed by atoms with Gasteiger partial charge in [0.2, 0.25) is 5.91 Å². The fourth-order valence-corrected chi connectivity index (χ4v) is 6.85. The molecule has 0 aliphatic carbocycles. The summed E-state index contributed by atoms with van der Waals surface area (Å²) in [5, 5.41) is 14.6. The van der Waals surface area contributed by atoms with Crippen LogP contribution in [0.15, 0.2) is 109 Å². The number of nitrogens with zero attached hydrogens (tertiary/aromatic N) is 2. The summed E-state index contributed by atoms with van der Waals surface area (Å²) < 4.78 is 0. The zero-order valence-corrected chi connectivity index (χ0v) is 21.6. The average Bonchev–Trinajstić information content (AvgIpc) is 3.49. The molecule has 3 aliphatic heterocycles. The fraction of sp³-hybridized carbons (Fsp3) is 0.121. The maximum Gasteiger partial charge on any atom is 0.270 e. The number of nitrogens with one attached hydrogen (secondary N) is 1. The van der Waals surface area contributed by atoms with Crippen molar-refractivity contribution in [3.63, 3.8) is 0 Å². The minimum atomic E-state index is -1.44. The molecule has 4 atom stereocenters. The van der Waals surface area contributed by atoms with E-state index in [9.17, 15) is 24.5 Å². The summed E-state index contributed by atoms with van der Waals surface area (Å²) in [4.78, 5) is 56.5. The normalized spacial score (nSPS) is 23.5. The molecule has 0 unspecified atom stereocenters. The van der Waals surface area contributed by atoms with E-state index in [1.165, 1.54) is 24.3 Å². The summed E-state index contributed by atoms with van der Waals surface area (Å²) in [5.41, 5.74) is 1.61. The Morgan fingerprint density at radius 1 is 0.829 bits per heavy atom. The fourth-order valence-electron chi connectivity index (χ4n) is 6.85. The van der Waals surface area contributed by atoms with Crippen molar-refractivity contribution in [2.45, 2.75) is 17.5 Å². The molecule has 200 valence electrons. The molecule has 3 aliphatic rings. The number of non-ortho nitro benzene ring substituents is 1. The molecule has 1 amide bonds. The number of hydrogen-bond acceptors (Lipinski definition) is 6. The van der Waals surface area contributed by atoms with Gasteiger partial charge < -0.3 is 10.2 Å². The number of ketones is 2. The number of nitro groups is 1. The van der Waals surface area contributed by atoms with E-state index in [2.05, 4.69) is 5.32 Å². The Morgan fingerprint density at radius 2 is 1.54 bits per heavy atom. The number of carbonyl (C=O) groups is 3. The first-order chi connectivity index (χ1) is 19.9. The number of anilines is 2. The van der Waals surface area contributed by atoms with Crippen LogP contribution in [-0.4, -0.2) is 34.5 Å². The highest BCUT2D eigenvalue weighted by Gasteiger charge is 2.70. The molecule has 1 saturated heterocycles. The third-order valence-corrected chi connectivity index (χ3v) is 8.49. The standard InChI is InChI=1S/C33H23N3O5/c37-30(21-10-2-1-3-11-21)28-29(31(38)22-12-8-13-23(19-22)36(40)41)35-26-16-7-4-9-20(26)17-18-27(35)33(28)24-14-5-6-15-25(24)34-32(33)39/h1-19,27-29H,(H,34,39)/t27-,28+,29-,33-/m0/s1. The highest BCUT2D eigenvalue weighted by atomic mass is 16.6. The predicted molar refractivity (Wildman–Crippen MR) is 154 cm³/mol. The van der Waals surface area contributed by atoms with Gasteiger partial charge in [-0.15, -0.1) is 0 Å². The molecule has 0 saturated carbocycles. The van der Waals surface area contributed by atoms with Crippen LogP contribution in [0.5, 0.6) is 0 Å². The topological polar surface area (TPSA) is 110 Å². The first-order valence-electron chi connectivity index (χ1n) is 13.3. The maximum absolute atomic E-state index is 14.6. The quantitative estimate of drug-likeness (QED) is 0.204. The molecule has 0 bridgehead atoms. The third kappa shape index (κ3) is 3.43. The Bertz CT molecular complexity index is 1800. The van der Waals surface area contributed by atoms with Gasteiger partial charge >= 0.3 is 0 Å². The Kier molecular flexibility index (Phi) is 5.47. The summed E-state index contributed by atoms with van der Waals surface area (Å²) in [6.45, 7) is 0. The second kappa shape index (κ2) is 9.09. The number of benzene rings is 4. The van der Waals surface area contributed by atoms with E-state index in [1.54, 1.807) is 36.4 Å². The SMILES string of the molecule is O=C(c1cccc([N+](=O)[O-])c1)[C@@H]1[C@H](C(=O)c2ccccc2)[C@@]2(C(=O)Nc3ccccc32)[C@@H]2C=Cc3ccccc3N12. The smallest absolute Gasteiger partial charge is 0.270 e. The molecule has 1 N–H and O–H groups in total. The van der Waals surface area contributed by atoms with Crippen LogP contribution in [0.25, 0.3) is 6.08 Å². The monoisotopic (exact) mass is 541 g/mol. The maximum atomic E-state index is 14.6. The van der Waals surface area contributed by atoms with Gasteiger partial charge in [-0.3, -0.25) is 24.5 Å². The molecule has 8 nitrogen and oxygen atoms in total. The molecule has 0 radical (unpaired) electrons. The van der Waals surface area contributed by atoms with Gasteiger partial charge in [-0.1, -0.05) is 91.0 Å². The van der Waals surface area contributed by atoms with E-state index in [0.29, 0.717) is 22.5 Å². The van der Waals surface area contributed by atoms with Crippen molar-refractivity contribution < 1.29 is 19.3 Å². The number of carbonyl (C=O) groups excluding carboxylic acids is 3.